The third kappa shape index (κ3) is 5.46. The van der Waals surface area contributed by atoms with Crippen LogP contribution < -0.4 is 10.2 Å². The van der Waals surface area contributed by atoms with Gasteiger partial charge in [-0.15, -0.1) is 0 Å². The monoisotopic (exact) mass is 344 g/mol. The molecular formula is C21H32N2O2. The van der Waals surface area contributed by atoms with E-state index in [9.17, 15) is 4.79 Å². The fraction of sp³-hybridized carbons (Fsp3) is 0.667. The Hall–Kier alpha value is -1.55. The summed E-state index contributed by atoms with van der Waals surface area (Å²) >= 11 is 0. The average molecular weight is 344 g/mol. The van der Waals surface area contributed by atoms with E-state index in [1.807, 2.05) is 12.1 Å². The molecule has 1 N–H and O–H groups in total. The van der Waals surface area contributed by atoms with E-state index in [-0.39, 0.29) is 5.91 Å². The highest BCUT2D eigenvalue weighted by Gasteiger charge is 2.19. The summed E-state index contributed by atoms with van der Waals surface area (Å²) < 4.78 is 5.43. The number of ether oxygens (including phenoxy) is 1. The Morgan fingerprint density at radius 3 is 2.40 bits per heavy atom. The van der Waals surface area contributed by atoms with Crippen LogP contribution in [0.5, 0.6) is 0 Å². The van der Waals surface area contributed by atoms with Crippen LogP contribution in [0.15, 0.2) is 24.3 Å². The minimum atomic E-state index is 0.152. The maximum Gasteiger partial charge on any atom is 0.224 e. The van der Waals surface area contributed by atoms with Gasteiger partial charge in [0.1, 0.15) is 0 Å². The molecule has 1 aliphatic heterocycles. The number of rotatable bonds is 6. The molecule has 0 radical (unpaired) electrons. The number of piperidine rings is 1. The Morgan fingerprint density at radius 2 is 1.76 bits per heavy atom. The van der Waals surface area contributed by atoms with Gasteiger partial charge in [-0.05, 0) is 49.4 Å². The van der Waals surface area contributed by atoms with Gasteiger partial charge < -0.3 is 15.0 Å². The maximum atomic E-state index is 12.2. The Labute approximate surface area is 151 Å². The molecule has 4 nitrogen and oxygen atoms in total. The molecule has 0 bridgehead atoms. The van der Waals surface area contributed by atoms with Crippen LogP contribution in [-0.4, -0.2) is 32.2 Å². The summed E-state index contributed by atoms with van der Waals surface area (Å²) in [5, 5.41) is 3.05. The van der Waals surface area contributed by atoms with Crippen molar-refractivity contribution in [3.63, 3.8) is 0 Å². The number of hydrogen-bond donors (Lipinski definition) is 1. The number of carbonyl (C=O) groups is 1. The van der Waals surface area contributed by atoms with Gasteiger partial charge >= 0.3 is 0 Å². The highest BCUT2D eigenvalue weighted by Crippen LogP contribution is 2.27. The second-order valence-electron chi connectivity index (χ2n) is 7.56. The topological polar surface area (TPSA) is 41.6 Å². The lowest BCUT2D eigenvalue weighted by molar-refractivity contribution is -0.116. The van der Waals surface area contributed by atoms with Gasteiger partial charge in [-0.3, -0.25) is 4.79 Å². The van der Waals surface area contributed by atoms with E-state index in [0.29, 0.717) is 12.5 Å². The molecule has 1 saturated heterocycles. The van der Waals surface area contributed by atoms with Crippen LogP contribution in [0.3, 0.4) is 0 Å². The second-order valence-corrected chi connectivity index (χ2v) is 7.56. The van der Waals surface area contributed by atoms with E-state index in [2.05, 4.69) is 22.3 Å². The second kappa shape index (κ2) is 9.23. The molecule has 1 aliphatic carbocycles. The zero-order chi connectivity index (χ0) is 17.5. The summed E-state index contributed by atoms with van der Waals surface area (Å²) in [6, 6.07) is 8.28. The molecular weight excluding hydrogens is 312 g/mol. The maximum absolute atomic E-state index is 12.2. The van der Waals surface area contributed by atoms with Crippen molar-refractivity contribution in [1.82, 2.24) is 0 Å². The van der Waals surface area contributed by atoms with Crippen molar-refractivity contribution in [3.05, 3.63) is 24.3 Å². The first-order valence-electron chi connectivity index (χ1n) is 9.92. The van der Waals surface area contributed by atoms with Crippen LogP contribution in [-0.2, 0) is 9.53 Å². The lowest BCUT2D eigenvalue weighted by Gasteiger charge is -2.33. The third-order valence-electron chi connectivity index (χ3n) is 5.80. The molecule has 0 aromatic heterocycles. The highest BCUT2D eigenvalue weighted by molar-refractivity contribution is 5.90. The van der Waals surface area contributed by atoms with Gasteiger partial charge in [-0.25, -0.2) is 0 Å². The smallest absolute Gasteiger partial charge is 0.224 e. The SMILES string of the molecule is COC1CCN(c2ccc(NC(=O)CCC3CCCCC3)cc2)CC1. The molecule has 0 unspecified atom stereocenters. The standard InChI is InChI=1S/C21H32N2O2/c1-25-20-13-15-23(16-14-20)19-10-8-18(9-11-19)22-21(24)12-7-17-5-3-2-4-6-17/h8-11,17,20H,2-7,12-16H2,1H3,(H,22,24). The molecule has 0 spiro atoms. The first-order chi connectivity index (χ1) is 12.2. The third-order valence-corrected chi connectivity index (χ3v) is 5.80. The molecule has 2 aliphatic rings. The van der Waals surface area contributed by atoms with Gasteiger partial charge in [-0.1, -0.05) is 32.1 Å². The van der Waals surface area contributed by atoms with Gasteiger partial charge in [0.05, 0.1) is 6.10 Å². The molecule has 1 aromatic rings. The molecule has 138 valence electrons. The fourth-order valence-corrected chi connectivity index (χ4v) is 4.14. The fourth-order valence-electron chi connectivity index (χ4n) is 4.14. The van der Waals surface area contributed by atoms with Gasteiger partial charge in [0.25, 0.3) is 0 Å². The van der Waals surface area contributed by atoms with E-state index < -0.39 is 0 Å². The van der Waals surface area contributed by atoms with E-state index in [4.69, 9.17) is 4.74 Å². The minimum absolute atomic E-state index is 0.152. The van der Waals surface area contributed by atoms with Crippen molar-refractivity contribution < 1.29 is 9.53 Å². The first-order valence-corrected chi connectivity index (χ1v) is 9.92. The summed E-state index contributed by atoms with van der Waals surface area (Å²) in [6.07, 6.45) is 10.9. The van der Waals surface area contributed by atoms with Crippen LogP contribution in [0.25, 0.3) is 0 Å². The van der Waals surface area contributed by atoms with Crippen LogP contribution in [0, 0.1) is 5.92 Å². The van der Waals surface area contributed by atoms with E-state index in [0.717, 1.165) is 44.0 Å². The van der Waals surface area contributed by atoms with Crippen molar-refractivity contribution in [2.75, 3.05) is 30.4 Å². The molecule has 1 saturated carbocycles. The van der Waals surface area contributed by atoms with Crippen LogP contribution in [0.1, 0.15) is 57.8 Å². The number of hydrogen-bond acceptors (Lipinski definition) is 3. The average Bonchev–Trinajstić information content (AvgIpc) is 2.68. The van der Waals surface area contributed by atoms with Gasteiger partial charge in [-0.2, -0.15) is 0 Å². The number of methoxy groups -OCH3 is 1. The van der Waals surface area contributed by atoms with E-state index >= 15 is 0 Å². The lowest BCUT2D eigenvalue weighted by atomic mass is 9.86. The normalized spacial score (nSPS) is 19.8. The number of benzene rings is 1. The van der Waals surface area contributed by atoms with Crippen molar-refractivity contribution in [2.45, 2.75) is 63.9 Å². The number of nitrogens with one attached hydrogen (secondary N) is 1. The lowest BCUT2D eigenvalue weighted by Crippen LogP contribution is -2.36. The summed E-state index contributed by atoms with van der Waals surface area (Å²) in [7, 11) is 1.80. The van der Waals surface area contributed by atoms with Crippen molar-refractivity contribution in [3.8, 4) is 0 Å². The predicted molar refractivity (Wildman–Crippen MR) is 103 cm³/mol. The molecule has 1 amide bonds. The largest absolute Gasteiger partial charge is 0.381 e. The molecule has 0 atom stereocenters. The molecule has 25 heavy (non-hydrogen) atoms. The Bertz CT molecular complexity index is 529. The number of amides is 1. The summed E-state index contributed by atoms with van der Waals surface area (Å²) in [4.78, 5) is 14.6. The van der Waals surface area contributed by atoms with Crippen LogP contribution >= 0.6 is 0 Å². The summed E-state index contributed by atoms with van der Waals surface area (Å²) in [6.45, 7) is 2.07. The van der Waals surface area contributed by atoms with Gasteiger partial charge in [0, 0.05) is 38.0 Å². The van der Waals surface area contributed by atoms with Crippen molar-refractivity contribution in [2.24, 2.45) is 5.92 Å². The quantitative estimate of drug-likeness (QED) is 0.820. The number of carbonyl (C=O) groups excluding carboxylic acids is 1. The Balaban J connectivity index is 1.43. The van der Waals surface area contributed by atoms with Crippen LogP contribution in [0.2, 0.25) is 0 Å². The number of nitrogens with zero attached hydrogens (tertiary/aromatic N) is 1. The number of anilines is 2. The van der Waals surface area contributed by atoms with E-state index in [1.165, 1.54) is 37.8 Å². The van der Waals surface area contributed by atoms with E-state index in [1.54, 1.807) is 7.11 Å². The Morgan fingerprint density at radius 1 is 1.08 bits per heavy atom. The first kappa shape index (κ1) is 18.2. The minimum Gasteiger partial charge on any atom is -0.381 e. The van der Waals surface area contributed by atoms with Gasteiger partial charge in [0.15, 0.2) is 0 Å². The van der Waals surface area contributed by atoms with Crippen molar-refractivity contribution >= 4 is 17.3 Å². The Kier molecular flexibility index (Phi) is 6.74. The van der Waals surface area contributed by atoms with Crippen molar-refractivity contribution in [1.29, 1.82) is 0 Å². The summed E-state index contributed by atoms with van der Waals surface area (Å²) in [5.74, 6) is 0.913. The van der Waals surface area contributed by atoms with Gasteiger partial charge in [0.2, 0.25) is 5.91 Å². The molecule has 1 heterocycles. The molecule has 4 heteroatoms. The predicted octanol–water partition coefficient (Wildman–Crippen LogP) is 4.60. The molecule has 1 aromatic carbocycles. The molecule has 2 fully saturated rings. The summed E-state index contributed by atoms with van der Waals surface area (Å²) in [5.41, 5.74) is 2.14. The zero-order valence-corrected chi connectivity index (χ0v) is 15.5. The van der Waals surface area contributed by atoms with Crippen LogP contribution in [0.4, 0.5) is 11.4 Å². The molecule has 3 rings (SSSR count). The highest BCUT2D eigenvalue weighted by atomic mass is 16.5. The zero-order valence-electron chi connectivity index (χ0n) is 15.5.